The van der Waals surface area contributed by atoms with Crippen LogP contribution >= 0.6 is 0 Å². The molecular formula is C14H23N3O3. The van der Waals surface area contributed by atoms with Crippen LogP contribution in [0.1, 0.15) is 31.9 Å². The Morgan fingerprint density at radius 2 is 2.45 bits per heavy atom. The van der Waals surface area contributed by atoms with E-state index in [0.29, 0.717) is 12.4 Å². The average Bonchev–Trinajstić information content (AvgIpc) is 2.75. The number of aryl methyl sites for hydroxylation is 2. The van der Waals surface area contributed by atoms with Crippen molar-refractivity contribution in [3.8, 4) is 0 Å². The summed E-state index contributed by atoms with van der Waals surface area (Å²) in [7, 11) is 1.80. The third kappa shape index (κ3) is 4.05. The first-order chi connectivity index (χ1) is 9.56. The molecule has 0 aliphatic carbocycles. The molecule has 20 heavy (non-hydrogen) atoms. The molecule has 0 bridgehead atoms. The number of nitrogens with zero attached hydrogens (tertiary/aromatic N) is 2. The minimum Gasteiger partial charge on any atom is -0.376 e. The SMILES string of the molecule is Cc1cc(NC(=O)C(C)OCC2CCCCO2)n(C)n1. The average molecular weight is 281 g/mol. The monoisotopic (exact) mass is 281 g/mol. The summed E-state index contributed by atoms with van der Waals surface area (Å²) < 4.78 is 12.8. The zero-order chi connectivity index (χ0) is 14.5. The van der Waals surface area contributed by atoms with Crippen molar-refractivity contribution in [2.24, 2.45) is 7.05 Å². The van der Waals surface area contributed by atoms with Gasteiger partial charge in [0.25, 0.3) is 5.91 Å². The first-order valence-electron chi connectivity index (χ1n) is 7.11. The second-order valence-corrected chi connectivity index (χ2v) is 5.25. The molecule has 0 spiro atoms. The molecule has 6 nitrogen and oxygen atoms in total. The third-order valence-corrected chi connectivity index (χ3v) is 3.43. The van der Waals surface area contributed by atoms with Crippen LogP contribution in [0.2, 0.25) is 0 Å². The van der Waals surface area contributed by atoms with E-state index in [0.717, 1.165) is 25.1 Å². The van der Waals surface area contributed by atoms with Gasteiger partial charge < -0.3 is 14.8 Å². The fourth-order valence-electron chi connectivity index (χ4n) is 2.22. The minimum absolute atomic E-state index is 0.123. The maximum atomic E-state index is 12.0. The Labute approximate surface area is 119 Å². The van der Waals surface area contributed by atoms with Crippen LogP contribution in [0.4, 0.5) is 5.82 Å². The standard InChI is InChI=1S/C14H23N3O3/c1-10-8-13(17(3)16-10)15-14(18)11(2)20-9-12-6-4-5-7-19-12/h8,11-12H,4-7,9H2,1-3H3,(H,15,18). The number of amides is 1. The molecule has 2 rings (SSSR count). The van der Waals surface area contributed by atoms with Gasteiger partial charge in [-0.2, -0.15) is 5.10 Å². The van der Waals surface area contributed by atoms with E-state index in [1.165, 1.54) is 6.42 Å². The van der Waals surface area contributed by atoms with Gasteiger partial charge >= 0.3 is 0 Å². The quantitative estimate of drug-likeness (QED) is 0.891. The topological polar surface area (TPSA) is 65.4 Å². The Hall–Kier alpha value is -1.40. The fraction of sp³-hybridized carbons (Fsp3) is 0.714. The number of aromatic nitrogens is 2. The molecule has 112 valence electrons. The summed E-state index contributed by atoms with van der Waals surface area (Å²) in [5.41, 5.74) is 0.868. The highest BCUT2D eigenvalue weighted by atomic mass is 16.5. The first kappa shape index (κ1) is 15.0. The Kier molecular flexibility index (Phi) is 5.14. The molecule has 1 aliphatic heterocycles. The predicted octanol–water partition coefficient (Wildman–Crippen LogP) is 1.64. The molecule has 0 saturated carbocycles. The van der Waals surface area contributed by atoms with Crippen molar-refractivity contribution in [3.05, 3.63) is 11.8 Å². The van der Waals surface area contributed by atoms with Gasteiger partial charge in [-0.25, -0.2) is 0 Å². The van der Waals surface area contributed by atoms with Crippen molar-refractivity contribution in [2.45, 2.75) is 45.3 Å². The van der Waals surface area contributed by atoms with Crippen LogP contribution in [-0.2, 0) is 21.3 Å². The molecule has 1 fully saturated rings. The lowest BCUT2D eigenvalue weighted by molar-refractivity contribution is -0.130. The lowest BCUT2D eigenvalue weighted by Gasteiger charge is -2.23. The Balaban J connectivity index is 1.78. The molecule has 2 heterocycles. The van der Waals surface area contributed by atoms with E-state index in [9.17, 15) is 4.79 Å². The van der Waals surface area contributed by atoms with E-state index < -0.39 is 6.10 Å². The fourth-order valence-corrected chi connectivity index (χ4v) is 2.22. The molecule has 2 atom stereocenters. The molecule has 6 heteroatoms. The number of nitrogens with one attached hydrogen (secondary N) is 1. The van der Waals surface area contributed by atoms with Crippen molar-refractivity contribution in [1.29, 1.82) is 0 Å². The van der Waals surface area contributed by atoms with Gasteiger partial charge in [0.2, 0.25) is 0 Å². The van der Waals surface area contributed by atoms with Gasteiger partial charge in [-0.05, 0) is 33.1 Å². The number of rotatable bonds is 5. The molecular weight excluding hydrogens is 258 g/mol. The lowest BCUT2D eigenvalue weighted by atomic mass is 10.1. The predicted molar refractivity (Wildman–Crippen MR) is 75.6 cm³/mol. The largest absolute Gasteiger partial charge is 0.376 e. The van der Waals surface area contributed by atoms with Crippen molar-refractivity contribution < 1.29 is 14.3 Å². The highest BCUT2D eigenvalue weighted by molar-refractivity contribution is 5.93. The molecule has 0 aromatic carbocycles. The van der Waals surface area contributed by atoms with Gasteiger partial charge in [0.1, 0.15) is 11.9 Å². The summed E-state index contributed by atoms with van der Waals surface area (Å²) in [5, 5.41) is 7.00. The van der Waals surface area contributed by atoms with Crippen molar-refractivity contribution in [3.63, 3.8) is 0 Å². The zero-order valence-corrected chi connectivity index (χ0v) is 12.4. The Morgan fingerprint density at radius 1 is 1.65 bits per heavy atom. The second kappa shape index (κ2) is 6.85. The van der Waals surface area contributed by atoms with E-state index in [4.69, 9.17) is 9.47 Å². The van der Waals surface area contributed by atoms with Gasteiger partial charge in [-0.3, -0.25) is 9.48 Å². The summed E-state index contributed by atoms with van der Waals surface area (Å²) in [6, 6.07) is 1.83. The van der Waals surface area contributed by atoms with E-state index in [1.807, 2.05) is 13.0 Å². The molecule has 2 unspecified atom stereocenters. The maximum absolute atomic E-state index is 12.0. The smallest absolute Gasteiger partial charge is 0.254 e. The molecule has 1 aromatic rings. The van der Waals surface area contributed by atoms with Gasteiger partial charge in [-0.1, -0.05) is 0 Å². The molecule has 1 aliphatic rings. The van der Waals surface area contributed by atoms with Crippen LogP contribution in [-0.4, -0.2) is 41.1 Å². The molecule has 1 amide bonds. The van der Waals surface area contributed by atoms with Crippen LogP contribution < -0.4 is 5.32 Å². The van der Waals surface area contributed by atoms with Gasteiger partial charge in [-0.15, -0.1) is 0 Å². The summed E-state index contributed by atoms with van der Waals surface area (Å²) in [6.07, 6.45) is 2.92. The van der Waals surface area contributed by atoms with Crippen molar-refractivity contribution in [2.75, 3.05) is 18.5 Å². The highest BCUT2D eigenvalue weighted by Gasteiger charge is 2.19. The van der Waals surface area contributed by atoms with Gasteiger partial charge in [0, 0.05) is 19.7 Å². The van der Waals surface area contributed by atoms with E-state index in [-0.39, 0.29) is 12.0 Å². The van der Waals surface area contributed by atoms with Crippen LogP contribution in [0.15, 0.2) is 6.07 Å². The van der Waals surface area contributed by atoms with Crippen molar-refractivity contribution in [1.82, 2.24) is 9.78 Å². The summed E-state index contributed by atoms with van der Waals surface area (Å²) in [5.74, 6) is 0.515. The second-order valence-electron chi connectivity index (χ2n) is 5.25. The normalized spacial score (nSPS) is 20.6. The maximum Gasteiger partial charge on any atom is 0.254 e. The van der Waals surface area contributed by atoms with Gasteiger partial charge in [0.15, 0.2) is 0 Å². The van der Waals surface area contributed by atoms with Crippen LogP contribution in [0.5, 0.6) is 0 Å². The number of carbonyl (C=O) groups excluding carboxylic acids is 1. The minimum atomic E-state index is -0.504. The van der Waals surface area contributed by atoms with Crippen LogP contribution in [0.25, 0.3) is 0 Å². The Bertz CT molecular complexity index is 453. The first-order valence-corrected chi connectivity index (χ1v) is 7.11. The van der Waals surface area contributed by atoms with Crippen LogP contribution in [0.3, 0.4) is 0 Å². The molecule has 1 aromatic heterocycles. The highest BCUT2D eigenvalue weighted by Crippen LogP contribution is 2.14. The number of anilines is 1. The molecule has 0 radical (unpaired) electrons. The van der Waals surface area contributed by atoms with E-state index >= 15 is 0 Å². The van der Waals surface area contributed by atoms with Crippen molar-refractivity contribution >= 4 is 11.7 Å². The summed E-state index contributed by atoms with van der Waals surface area (Å²) in [4.78, 5) is 12.0. The zero-order valence-electron chi connectivity index (χ0n) is 12.4. The third-order valence-electron chi connectivity index (χ3n) is 3.43. The summed E-state index contributed by atoms with van der Waals surface area (Å²) >= 11 is 0. The number of carbonyl (C=O) groups is 1. The van der Waals surface area contributed by atoms with Gasteiger partial charge in [0.05, 0.1) is 18.4 Å². The summed E-state index contributed by atoms with van der Waals surface area (Å²) in [6.45, 7) is 4.90. The number of hydrogen-bond acceptors (Lipinski definition) is 4. The number of hydrogen-bond donors (Lipinski definition) is 1. The molecule has 1 N–H and O–H groups in total. The number of ether oxygens (including phenoxy) is 2. The molecule has 1 saturated heterocycles. The lowest BCUT2D eigenvalue weighted by Crippen LogP contribution is -2.33. The van der Waals surface area contributed by atoms with Crippen LogP contribution in [0, 0.1) is 6.92 Å². The Morgan fingerprint density at radius 3 is 3.05 bits per heavy atom. The van der Waals surface area contributed by atoms with E-state index in [1.54, 1.807) is 18.7 Å². The van der Waals surface area contributed by atoms with E-state index in [2.05, 4.69) is 10.4 Å².